The predicted molar refractivity (Wildman–Crippen MR) is 63.2 cm³/mol. The van der Waals surface area contributed by atoms with Crippen molar-refractivity contribution in [2.75, 3.05) is 13.1 Å². The lowest BCUT2D eigenvalue weighted by Crippen LogP contribution is -2.40. The van der Waals surface area contributed by atoms with Gasteiger partial charge in [0.05, 0.1) is 6.54 Å². The Morgan fingerprint density at radius 1 is 1.16 bits per heavy atom. The number of rotatable bonds is 6. The number of carboxylic acids is 1. The number of hydrogen-bond donors (Lipinski definition) is 4. The third kappa shape index (κ3) is 5.38. The molecule has 1 saturated heterocycles. The van der Waals surface area contributed by atoms with Crippen molar-refractivity contribution in [1.82, 2.24) is 16.0 Å². The highest BCUT2D eigenvalue weighted by Gasteiger charge is 2.33. The number of carbonyl (C=O) groups is 5. The van der Waals surface area contributed by atoms with Crippen molar-refractivity contribution in [2.45, 2.75) is 11.7 Å². The third-order valence-corrected chi connectivity index (χ3v) is 3.00. The van der Waals surface area contributed by atoms with Crippen LogP contribution in [-0.2, 0) is 19.2 Å². The molecule has 0 aromatic carbocycles. The number of aliphatic carboxylic acids is 1. The first-order valence-electron chi connectivity index (χ1n) is 5.15. The molecule has 1 aliphatic heterocycles. The number of nitrogens with one attached hydrogen (secondary N) is 3. The summed E-state index contributed by atoms with van der Waals surface area (Å²) in [6.07, 6.45) is -0.228. The monoisotopic (exact) mass is 289 g/mol. The van der Waals surface area contributed by atoms with E-state index in [0.717, 1.165) is 0 Å². The summed E-state index contributed by atoms with van der Waals surface area (Å²) in [4.78, 5) is 54.6. The summed E-state index contributed by atoms with van der Waals surface area (Å²) in [5.74, 6) is -2.97. The molecule has 0 radical (unpaired) electrons. The number of thioether (sulfide) groups is 1. The van der Waals surface area contributed by atoms with E-state index in [1.54, 1.807) is 0 Å². The first kappa shape index (κ1) is 15.0. The summed E-state index contributed by atoms with van der Waals surface area (Å²) >= 11 is 0.712. The highest BCUT2D eigenvalue weighted by atomic mass is 32.2. The van der Waals surface area contributed by atoms with Gasteiger partial charge in [-0.15, -0.1) is 0 Å². The molecule has 10 heteroatoms. The molecule has 19 heavy (non-hydrogen) atoms. The molecule has 1 aliphatic rings. The highest BCUT2D eigenvalue weighted by Crippen LogP contribution is 2.21. The van der Waals surface area contributed by atoms with Gasteiger partial charge in [-0.2, -0.15) is 0 Å². The van der Waals surface area contributed by atoms with Crippen LogP contribution in [0, 0.1) is 0 Å². The molecule has 0 spiro atoms. The highest BCUT2D eigenvalue weighted by molar-refractivity contribution is 8.15. The zero-order valence-electron chi connectivity index (χ0n) is 9.60. The second kappa shape index (κ2) is 6.73. The van der Waals surface area contributed by atoms with E-state index in [9.17, 15) is 24.0 Å². The Labute approximate surface area is 111 Å². The molecule has 0 aromatic rings. The maximum atomic E-state index is 11.4. The molecule has 4 amide bonds. The molecule has 0 bridgehead atoms. The number of hydrogen-bond acceptors (Lipinski definition) is 6. The van der Waals surface area contributed by atoms with Crippen molar-refractivity contribution in [3.05, 3.63) is 0 Å². The van der Waals surface area contributed by atoms with Gasteiger partial charge in [-0.3, -0.25) is 29.3 Å². The largest absolute Gasteiger partial charge is 0.480 e. The van der Waals surface area contributed by atoms with Crippen LogP contribution < -0.4 is 16.0 Å². The van der Waals surface area contributed by atoms with Gasteiger partial charge in [0.2, 0.25) is 17.7 Å². The van der Waals surface area contributed by atoms with Crippen molar-refractivity contribution in [1.29, 1.82) is 0 Å². The van der Waals surface area contributed by atoms with Gasteiger partial charge < -0.3 is 15.7 Å². The van der Waals surface area contributed by atoms with E-state index in [-0.39, 0.29) is 13.0 Å². The minimum absolute atomic E-state index is 0.228. The van der Waals surface area contributed by atoms with E-state index < -0.39 is 40.7 Å². The molecule has 1 unspecified atom stereocenters. The Morgan fingerprint density at radius 3 is 2.32 bits per heavy atom. The van der Waals surface area contributed by atoms with Crippen LogP contribution in [0.15, 0.2) is 0 Å². The predicted octanol–water partition coefficient (Wildman–Crippen LogP) is -1.95. The molecule has 0 aromatic heterocycles. The first-order valence-corrected chi connectivity index (χ1v) is 6.03. The van der Waals surface area contributed by atoms with E-state index >= 15 is 0 Å². The molecule has 0 saturated carbocycles. The van der Waals surface area contributed by atoms with Crippen molar-refractivity contribution >= 4 is 40.7 Å². The number of amides is 4. The lowest BCUT2D eigenvalue weighted by atomic mass is 10.2. The third-order valence-electron chi connectivity index (χ3n) is 2.02. The van der Waals surface area contributed by atoms with Crippen molar-refractivity contribution in [2.24, 2.45) is 0 Å². The van der Waals surface area contributed by atoms with Gasteiger partial charge in [0.1, 0.15) is 11.8 Å². The van der Waals surface area contributed by atoms with E-state index in [2.05, 4.69) is 10.6 Å². The molecule has 9 nitrogen and oxygen atoms in total. The van der Waals surface area contributed by atoms with E-state index in [1.807, 2.05) is 5.32 Å². The SMILES string of the molecule is O=C(O)CNC(=O)CNC(=O)CC1SC(=O)NC1=O. The lowest BCUT2D eigenvalue weighted by Gasteiger charge is -2.07. The topological polar surface area (TPSA) is 142 Å². The van der Waals surface area contributed by atoms with Crippen LogP contribution in [-0.4, -0.2) is 52.4 Å². The van der Waals surface area contributed by atoms with Gasteiger partial charge in [-0.25, -0.2) is 0 Å². The van der Waals surface area contributed by atoms with E-state index in [1.165, 1.54) is 0 Å². The number of carboxylic acid groups (broad SMARTS) is 1. The quantitative estimate of drug-likeness (QED) is 0.445. The molecular formula is C9H11N3O6S. The van der Waals surface area contributed by atoms with Crippen molar-refractivity contribution in [3.63, 3.8) is 0 Å². The Bertz CT molecular complexity index is 438. The Morgan fingerprint density at radius 2 is 1.79 bits per heavy atom. The second-order valence-electron chi connectivity index (χ2n) is 3.53. The van der Waals surface area contributed by atoms with Crippen LogP contribution >= 0.6 is 11.8 Å². The van der Waals surface area contributed by atoms with Gasteiger partial charge in [-0.1, -0.05) is 11.8 Å². The smallest absolute Gasteiger partial charge is 0.322 e. The fourth-order valence-electron chi connectivity index (χ4n) is 1.18. The zero-order valence-corrected chi connectivity index (χ0v) is 10.4. The maximum absolute atomic E-state index is 11.4. The zero-order chi connectivity index (χ0) is 14.4. The maximum Gasteiger partial charge on any atom is 0.322 e. The van der Waals surface area contributed by atoms with Gasteiger partial charge in [-0.05, 0) is 0 Å². The second-order valence-corrected chi connectivity index (χ2v) is 4.71. The summed E-state index contributed by atoms with van der Waals surface area (Å²) in [6, 6.07) is 0. The average Bonchev–Trinajstić information content (AvgIpc) is 2.62. The molecule has 4 N–H and O–H groups in total. The summed E-state index contributed by atoms with van der Waals surface area (Å²) in [6.45, 7) is -0.927. The van der Waals surface area contributed by atoms with Gasteiger partial charge >= 0.3 is 5.97 Å². The fraction of sp³-hybridized carbons (Fsp3) is 0.444. The van der Waals surface area contributed by atoms with E-state index in [4.69, 9.17) is 5.11 Å². The standard InChI is InChI=1S/C9H11N3O6S/c13-5(1-4-8(17)12-9(18)19-4)10-2-6(14)11-3-7(15)16/h4H,1-3H2,(H,10,13)(H,11,14)(H,15,16)(H,12,17,18). The van der Waals surface area contributed by atoms with Gasteiger partial charge in [0, 0.05) is 6.42 Å². The number of carbonyl (C=O) groups excluding carboxylic acids is 4. The molecule has 1 rings (SSSR count). The Kier molecular flexibility index (Phi) is 5.30. The lowest BCUT2D eigenvalue weighted by molar-refractivity contribution is -0.137. The molecule has 0 aliphatic carbocycles. The molecular weight excluding hydrogens is 278 g/mol. The summed E-state index contributed by atoms with van der Waals surface area (Å²) in [7, 11) is 0. The molecule has 1 fully saturated rings. The van der Waals surface area contributed by atoms with Crippen molar-refractivity contribution in [3.8, 4) is 0 Å². The van der Waals surface area contributed by atoms with Crippen molar-refractivity contribution < 1.29 is 29.1 Å². The summed E-state index contributed by atoms with van der Waals surface area (Å²) in [5, 5.41) is 13.3. The first-order chi connectivity index (χ1) is 8.88. The summed E-state index contributed by atoms with van der Waals surface area (Å²) in [5.41, 5.74) is 0. The Balaban J connectivity index is 2.24. The van der Waals surface area contributed by atoms with Crippen LogP contribution in [0.3, 0.4) is 0 Å². The average molecular weight is 289 g/mol. The normalized spacial score (nSPS) is 17.8. The molecule has 104 valence electrons. The van der Waals surface area contributed by atoms with Gasteiger partial charge in [0.25, 0.3) is 5.24 Å². The van der Waals surface area contributed by atoms with Crippen LogP contribution in [0.25, 0.3) is 0 Å². The van der Waals surface area contributed by atoms with Crippen LogP contribution in [0.1, 0.15) is 6.42 Å². The van der Waals surface area contributed by atoms with Gasteiger partial charge in [0.15, 0.2) is 0 Å². The van der Waals surface area contributed by atoms with Crippen LogP contribution in [0.5, 0.6) is 0 Å². The number of imide groups is 1. The fourth-order valence-corrected chi connectivity index (χ4v) is 2.00. The Hall–Kier alpha value is -2.10. The minimum atomic E-state index is -1.20. The molecule has 1 atom stereocenters. The minimum Gasteiger partial charge on any atom is -0.480 e. The summed E-state index contributed by atoms with van der Waals surface area (Å²) < 4.78 is 0. The van der Waals surface area contributed by atoms with Crippen LogP contribution in [0.2, 0.25) is 0 Å². The van der Waals surface area contributed by atoms with Crippen LogP contribution in [0.4, 0.5) is 4.79 Å². The van der Waals surface area contributed by atoms with E-state index in [0.29, 0.717) is 11.8 Å². The molecule has 1 heterocycles.